The molecule has 1 fully saturated rings. The summed E-state index contributed by atoms with van der Waals surface area (Å²) in [5, 5.41) is 0.471. The second-order valence-electron chi connectivity index (χ2n) is 4.19. The molecule has 0 heterocycles. The molecule has 2 rings (SSSR count). The summed E-state index contributed by atoms with van der Waals surface area (Å²) in [6, 6.07) is 4.93. The summed E-state index contributed by atoms with van der Waals surface area (Å²) >= 11 is 5.83. The van der Waals surface area contributed by atoms with E-state index in [9.17, 15) is 8.42 Å². The Morgan fingerprint density at radius 3 is 2.65 bits per heavy atom. The summed E-state index contributed by atoms with van der Waals surface area (Å²) in [6.45, 7) is 0.622. The van der Waals surface area contributed by atoms with Crippen LogP contribution < -0.4 is 4.74 Å². The van der Waals surface area contributed by atoms with Crippen LogP contribution in [0.4, 0.5) is 0 Å². The Kier molecular flexibility index (Phi) is 3.85. The molecule has 0 spiro atoms. The molecule has 1 aliphatic carbocycles. The van der Waals surface area contributed by atoms with Crippen LogP contribution in [0.2, 0.25) is 5.02 Å². The molecular weight excluding hydrogens is 283 g/mol. The molecule has 1 saturated carbocycles. The van der Waals surface area contributed by atoms with Gasteiger partial charge in [0.05, 0.1) is 12.4 Å². The van der Waals surface area contributed by atoms with Crippen molar-refractivity contribution in [3.8, 4) is 5.75 Å². The molecule has 0 amide bonds. The van der Waals surface area contributed by atoms with E-state index < -0.39 is 9.05 Å². The molecule has 0 unspecified atom stereocenters. The van der Waals surface area contributed by atoms with Crippen molar-refractivity contribution in [3.05, 3.63) is 28.8 Å². The van der Waals surface area contributed by atoms with Gasteiger partial charge in [0.1, 0.15) is 5.75 Å². The molecule has 94 valence electrons. The topological polar surface area (TPSA) is 43.4 Å². The maximum atomic E-state index is 11.1. The Labute approximate surface area is 110 Å². The fourth-order valence-corrected chi connectivity index (χ4v) is 2.62. The van der Waals surface area contributed by atoms with Crippen LogP contribution in [0.3, 0.4) is 0 Å². The van der Waals surface area contributed by atoms with E-state index in [1.54, 1.807) is 18.2 Å². The van der Waals surface area contributed by atoms with Gasteiger partial charge >= 0.3 is 0 Å². The van der Waals surface area contributed by atoms with E-state index in [4.69, 9.17) is 27.0 Å². The lowest BCUT2D eigenvalue weighted by molar-refractivity contribution is 0.297. The van der Waals surface area contributed by atoms with Crippen LogP contribution in [0.1, 0.15) is 18.4 Å². The zero-order chi connectivity index (χ0) is 12.5. The third-order valence-electron chi connectivity index (χ3n) is 2.52. The maximum Gasteiger partial charge on any atom is 0.236 e. The predicted molar refractivity (Wildman–Crippen MR) is 68.1 cm³/mol. The second-order valence-corrected chi connectivity index (χ2v) is 7.40. The van der Waals surface area contributed by atoms with Crippen LogP contribution in [0, 0.1) is 5.92 Å². The molecule has 1 aliphatic rings. The number of hydrogen-bond donors (Lipinski definition) is 0. The fourth-order valence-electron chi connectivity index (χ4n) is 1.48. The van der Waals surface area contributed by atoms with Crippen LogP contribution in [-0.4, -0.2) is 15.0 Å². The Morgan fingerprint density at radius 2 is 2.06 bits per heavy atom. The zero-order valence-electron chi connectivity index (χ0n) is 9.03. The Hall–Kier alpha value is -0.450. The standard InChI is InChI=1S/C11H12Cl2O3S/c12-10-3-4-11(16-6-8-1-2-8)9(5-10)7-17(13,14)15/h3-5,8H,1-2,6-7H2. The average Bonchev–Trinajstić information content (AvgIpc) is 2.97. The molecule has 0 saturated heterocycles. The lowest BCUT2D eigenvalue weighted by Crippen LogP contribution is -2.04. The van der Waals surface area contributed by atoms with Crippen molar-refractivity contribution in [3.63, 3.8) is 0 Å². The van der Waals surface area contributed by atoms with Gasteiger partial charge in [-0.3, -0.25) is 0 Å². The van der Waals surface area contributed by atoms with Gasteiger partial charge in [-0.2, -0.15) is 0 Å². The molecule has 17 heavy (non-hydrogen) atoms. The van der Waals surface area contributed by atoms with Crippen molar-refractivity contribution in [2.75, 3.05) is 6.61 Å². The van der Waals surface area contributed by atoms with E-state index in [1.165, 1.54) is 12.8 Å². The first-order valence-corrected chi connectivity index (χ1v) is 8.13. The minimum absolute atomic E-state index is 0.269. The van der Waals surface area contributed by atoms with Crippen molar-refractivity contribution in [1.29, 1.82) is 0 Å². The first-order chi connectivity index (χ1) is 7.94. The van der Waals surface area contributed by atoms with E-state index >= 15 is 0 Å². The molecule has 0 aliphatic heterocycles. The van der Waals surface area contributed by atoms with E-state index in [-0.39, 0.29) is 5.75 Å². The molecule has 6 heteroatoms. The lowest BCUT2D eigenvalue weighted by Gasteiger charge is -2.10. The van der Waals surface area contributed by atoms with Gasteiger partial charge in [-0.1, -0.05) is 11.6 Å². The highest BCUT2D eigenvalue weighted by Crippen LogP contribution is 2.31. The Morgan fingerprint density at radius 1 is 1.35 bits per heavy atom. The fraction of sp³-hybridized carbons (Fsp3) is 0.455. The first kappa shape index (κ1) is 13.0. The lowest BCUT2D eigenvalue weighted by atomic mass is 10.2. The average molecular weight is 295 g/mol. The van der Waals surface area contributed by atoms with Crippen molar-refractivity contribution in [2.45, 2.75) is 18.6 Å². The van der Waals surface area contributed by atoms with Crippen LogP contribution in [0.5, 0.6) is 5.75 Å². The van der Waals surface area contributed by atoms with Crippen molar-refractivity contribution >= 4 is 31.3 Å². The quantitative estimate of drug-likeness (QED) is 0.783. The minimum Gasteiger partial charge on any atom is -0.493 e. The van der Waals surface area contributed by atoms with Crippen LogP contribution in [-0.2, 0) is 14.8 Å². The van der Waals surface area contributed by atoms with Gasteiger partial charge in [0.15, 0.2) is 0 Å². The second kappa shape index (κ2) is 5.04. The molecular formula is C11H12Cl2O3S. The summed E-state index contributed by atoms with van der Waals surface area (Å²) in [7, 11) is 1.63. The summed E-state index contributed by atoms with van der Waals surface area (Å²) in [5.74, 6) is 0.881. The highest BCUT2D eigenvalue weighted by Gasteiger charge is 2.22. The van der Waals surface area contributed by atoms with Gasteiger partial charge in [-0.25, -0.2) is 8.42 Å². The van der Waals surface area contributed by atoms with Crippen LogP contribution >= 0.6 is 22.3 Å². The van der Waals surface area contributed by atoms with Crippen molar-refractivity contribution < 1.29 is 13.2 Å². The smallest absolute Gasteiger partial charge is 0.236 e. The molecule has 0 N–H and O–H groups in total. The molecule has 1 aromatic rings. The van der Waals surface area contributed by atoms with Gasteiger partial charge < -0.3 is 4.74 Å². The van der Waals surface area contributed by atoms with Crippen LogP contribution in [0.25, 0.3) is 0 Å². The monoisotopic (exact) mass is 294 g/mol. The summed E-state index contributed by atoms with van der Waals surface area (Å²) in [5.41, 5.74) is 0.508. The van der Waals surface area contributed by atoms with E-state index in [0.29, 0.717) is 28.9 Å². The highest BCUT2D eigenvalue weighted by atomic mass is 35.7. The van der Waals surface area contributed by atoms with E-state index in [1.807, 2.05) is 0 Å². The first-order valence-electron chi connectivity index (χ1n) is 5.27. The molecule has 0 aromatic heterocycles. The summed E-state index contributed by atoms with van der Waals surface area (Å²) < 4.78 is 27.7. The third-order valence-corrected chi connectivity index (χ3v) is 3.74. The molecule has 3 nitrogen and oxygen atoms in total. The molecule has 0 bridgehead atoms. The summed E-state index contributed by atoms with van der Waals surface area (Å²) in [4.78, 5) is 0. The van der Waals surface area contributed by atoms with E-state index in [2.05, 4.69) is 0 Å². The number of hydrogen-bond acceptors (Lipinski definition) is 3. The predicted octanol–water partition coefficient (Wildman–Crippen LogP) is 3.20. The SMILES string of the molecule is O=S(=O)(Cl)Cc1cc(Cl)ccc1OCC1CC1. The third kappa shape index (κ3) is 4.37. The summed E-state index contributed by atoms with van der Waals surface area (Å²) in [6.07, 6.45) is 2.35. The number of benzene rings is 1. The number of halogens is 2. The Bertz CT molecular complexity index is 509. The van der Waals surface area contributed by atoms with Gasteiger partial charge in [-0.05, 0) is 37.0 Å². The van der Waals surface area contributed by atoms with E-state index in [0.717, 1.165) is 0 Å². The Balaban J connectivity index is 2.16. The van der Waals surface area contributed by atoms with Gasteiger partial charge in [0.2, 0.25) is 9.05 Å². The van der Waals surface area contributed by atoms with Crippen LogP contribution in [0.15, 0.2) is 18.2 Å². The molecule has 1 aromatic carbocycles. The van der Waals surface area contributed by atoms with Gasteiger partial charge in [0.25, 0.3) is 0 Å². The number of ether oxygens (including phenoxy) is 1. The molecule has 0 atom stereocenters. The molecule has 0 radical (unpaired) electrons. The zero-order valence-corrected chi connectivity index (χ0v) is 11.4. The number of rotatable bonds is 5. The van der Waals surface area contributed by atoms with Gasteiger partial charge in [0, 0.05) is 21.3 Å². The normalized spacial score (nSPS) is 15.9. The minimum atomic E-state index is -3.61. The van der Waals surface area contributed by atoms with Crippen molar-refractivity contribution in [2.24, 2.45) is 5.92 Å². The largest absolute Gasteiger partial charge is 0.493 e. The highest BCUT2D eigenvalue weighted by molar-refractivity contribution is 8.13. The maximum absolute atomic E-state index is 11.1. The van der Waals surface area contributed by atoms with Crippen molar-refractivity contribution in [1.82, 2.24) is 0 Å². The van der Waals surface area contributed by atoms with Gasteiger partial charge in [-0.15, -0.1) is 0 Å².